The Kier molecular flexibility index (Phi) is 50.6. The van der Waals surface area contributed by atoms with Crippen LogP contribution < -0.4 is 32.7 Å². The van der Waals surface area contributed by atoms with E-state index in [1.807, 2.05) is 6.92 Å². The summed E-state index contributed by atoms with van der Waals surface area (Å²) in [5, 5.41) is 19.6. The van der Waals surface area contributed by atoms with E-state index in [4.69, 9.17) is 40.3 Å². The summed E-state index contributed by atoms with van der Waals surface area (Å²) in [6, 6.07) is -0.697. The lowest BCUT2D eigenvalue weighted by molar-refractivity contribution is -0.127. The number of nitrogens with two attached hydrogens (primary N) is 2. The topological polar surface area (TPSA) is 315 Å². The highest BCUT2D eigenvalue weighted by Gasteiger charge is 2.23. The van der Waals surface area contributed by atoms with E-state index in [0.717, 1.165) is 18.5 Å². The molecule has 0 spiro atoms. The molecule has 0 aliphatic rings. The SMILES string of the molecule is CCCCCCCCCCCCCCCCCC(=O)NCCOCCOCC(=O)NCCOCCCCC(=O)NCCOCCOCC(=O)NCCCC[C@H](CC(=O)[C@@H](N)Cc1cnc[nH]1)C(C)=O.CC[C@@H](CO)C(N)=O. The minimum absolute atomic E-state index is 0.0494. The van der Waals surface area contributed by atoms with Crippen LogP contribution in [0.5, 0.6) is 0 Å². The minimum Gasteiger partial charge on any atom is -0.396 e. The molecular formula is C56H104N8O13. The maximum Gasteiger partial charge on any atom is 0.246 e. The first kappa shape index (κ1) is 72.6. The van der Waals surface area contributed by atoms with Crippen LogP contribution in [0.1, 0.15) is 181 Å². The van der Waals surface area contributed by atoms with E-state index in [0.29, 0.717) is 117 Å². The quantitative estimate of drug-likeness (QED) is 0.0394. The van der Waals surface area contributed by atoms with Crippen molar-refractivity contribution in [1.29, 1.82) is 0 Å². The van der Waals surface area contributed by atoms with Gasteiger partial charge in [0.25, 0.3) is 0 Å². The Balaban J connectivity index is 0.00000663. The molecule has 77 heavy (non-hydrogen) atoms. The number of nitrogens with one attached hydrogen (secondary N) is 5. The summed E-state index contributed by atoms with van der Waals surface area (Å²) in [6.07, 6.45) is 28.0. The third-order valence-corrected chi connectivity index (χ3v) is 12.7. The first-order valence-electron chi connectivity index (χ1n) is 29.0. The number of imidazole rings is 1. The van der Waals surface area contributed by atoms with E-state index in [9.17, 15) is 33.6 Å². The number of ketones is 2. The van der Waals surface area contributed by atoms with E-state index >= 15 is 0 Å². The van der Waals surface area contributed by atoms with Gasteiger partial charge < -0.3 is 66.5 Å². The number of nitrogens with zero attached hydrogens (tertiary/aromatic N) is 1. The summed E-state index contributed by atoms with van der Waals surface area (Å²) >= 11 is 0. The van der Waals surface area contributed by atoms with Gasteiger partial charge in [-0.1, -0.05) is 110 Å². The lowest BCUT2D eigenvalue weighted by Gasteiger charge is -2.16. The fraction of sp³-hybridized carbons (Fsp3) is 0.821. The molecule has 0 radical (unpaired) electrons. The van der Waals surface area contributed by atoms with Gasteiger partial charge in [-0.15, -0.1) is 0 Å². The van der Waals surface area contributed by atoms with Crippen LogP contribution in [-0.2, 0) is 63.7 Å². The molecule has 0 bridgehead atoms. The zero-order valence-corrected chi connectivity index (χ0v) is 47.6. The molecule has 10 N–H and O–H groups in total. The van der Waals surface area contributed by atoms with Gasteiger partial charge in [0.15, 0.2) is 5.78 Å². The summed E-state index contributed by atoms with van der Waals surface area (Å²) in [5.74, 6) is -1.88. The molecule has 1 aromatic heterocycles. The normalized spacial score (nSPS) is 12.2. The second-order valence-corrected chi connectivity index (χ2v) is 19.6. The molecule has 5 amide bonds. The molecule has 446 valence electrons. The zero-order chi connectivity index (χ0) is 56.8. The van der Waals surface area contributed by atoms with Crippen molar-refractivity contribution in [3.63, 3.8) is 0 Å². The fourth-order valence-corrected chi connectivity index (χ4v) is 7.84. The molecule has 21 nitrogen and oxygen atoms in total. The standard InChI is InChI=1S/C51H93N7O11.C5H11NO2/c1-3-4-5-6-7-8-9-10-11-12-13-14-15-16-17-23-48(61)55-26-31-66-34-36-69-41-51(64)57-28-30-65-29-21-19-24-49(62)56-27-32-67-33-35-68-40-50(63)54-25-20-18-22-44(43(2)59)37-47(60)46(52)38-45-39-53-42-58-45;1-2-4(3-7)5(6)8/h39,42,44,46H,3-38,40-41,52H2,1-2H3,(H,53,58)(H,54,63)(H,55,61)(H,56,62)(H,57,64);4,7H,2-3H2,1H3,(H2,6,8)/t44-,46+;4-/m10/s1. The van der Waals surface area contributed by atoms with Crippen molar-refractivity contribution in [2.45, 2.75) is 187 Å². The van der Waals surface area contributed by atoms with Crippen molar-refractivity contribution in [2.75, 3.05) is 98.9 Å². The lowest BCUT2D eigenvalue weighted by Crippen LogP contribution is -2.35. The number of carbonyl (C=O) groups is 7. The van der Waals surface area contributed by atoms with E-state index < -0.39 is 17.9 Å². The van der Waals surface area contributed by atoms with Gasteiger partial charge in [0, 0.05) is 76.3 Å². The maximum atomic E-state index is 12.5. The summed E-state index contributed by atoms with van der Waals surface area (Å²) in [6.45, 7) is 9.56. The molecule has 0 aliphatic carbocycles. The highest BCUT2D eigenvalue weighted by atomic mass is 16.5. The smallest absolute Gasteiger partial charge is 0.246 e. The van der Waals surface area contributed by atoms with Crippen molar-refractivity contribution in [1.82, 2.24) is 31.2 Å². The van der Waals surface area contributed by atoms with Crippen molar-refractivity contribution >= 4 is 41.1 Å². The zero-order valence-electron chi connectivity index (χ0n) is 47.6. The first-order valence-corrected chi connectivity index (χ1v) is 29.0. The van der Waals surface area contributed by atoms with Gasteiger partial charge in [-0.3, -0.25) is 33.6 Å². The fourth-order valence-electron chi connectivity index (χ4n) is 7.84. The number of hydrogen-bond acceptors (Lipinski definition) is 15. The largest absolute Gasteiger partial charge is 0.396 e. The molecule has 3 atom stereocenters. The molecule has 0 aromatic carbocycles. The van der Waals surface area contributed by atoms with Gasteiger partial charge in [-0.2, -0.15) is 0 Å². The Morgan fingerprint density at radius 1 is 0.558 bits per heavy atom. The second kappa shape index (κ2) is 53.6. The number of aromatic amines is 1. The Hall–Kier alpha value is -4.38. The monoisotopic (exact) mass is 1100 g/mol. The van der Waals surface area contributed by atoms with Gasteiger partial charge in [-0.25, -0.2) is 4.98 Å². The van der Waals surface area contributed by atoms with Crippen molar-refractivity contribution in [3.05, 3.63) is 18.2 Å². The molecular weight excluding hydrogens is 993 g/mol. The average Bonchev–Trinajstić information content (AvgIpc) is 3.92. The minimum atomic E-state index is -0.697. The number of hydrogen-bond donors (Lipinski definition) is 8. The Labute approximate surface area is 461 Å². The average molecular weight is 1100 g/mol. The summed E-state index contributed by atoms with van der Waals surface area (Å²) in [7, 11) is 0. The van der Waals surface area contributed by atoms with Crippen LogP contribution in [-0.4, -0.2) is 161 Å². The van der Waals surface area contributed by atoms with Gasteiger partial charge in [-0.05, 0) is 45.4 Å². The number of aromatic nitrogens is 2. The highest BCUT2D eigenvalue weighted by molar-refractivity contribution is 5.89. The highest BCUT2D eigenvalue weighted by Crippen LogP contribution is 2.17. The molecule has 1 rings (SSSR count). The number of amides is 5. The van der Waals surface area contributed by atoms with Gasteiger partial charge in [0.05, 0.1) is 71.1 Å². The molecule has 0 fully saturated rings. The van der Waals surface area contributed by atoms with Crippen LogP contribution in [0.25, 0.3) is 0 Å². The van der Waals surface area contributed by atoms with Crippen LogP contribution in [0, 0.1) is 11.8 Å². The lowest BCUT2D eigenvalue weighted by atomic mass is 9.90. The number of ether oxygens (including phenoxy) is 5. The predicted molar refractivity (Wildman–Crippen MR) is 298 cm³/mol. The molecule has 21 heteroatoms. The van der Waals surface area contributed by atoms with E-state index in [1.165, 1.54) is 96.7 Å². The van der Waals surface area contributed by atoms with Gasteiger partial charge in [0.1, 0.15) is 19.0 Å². The van der Waals surface area contributed by atoms with Gasteiger partial charge >= 0.3 is 0 Å². The summed E-state index contributed by atoms with van der Waals surface area (Å²) < 4.78 is 27.2. The number of H-pyrrole nitrogens is 1. The number of carbonyl (C=O) groups excluding carboxylic acids is 7. The van der Waals surface area contributed by atoms with Crippen LogP contribution >= 0.6 is 0 Å². The number of unbranched alkanes of at least 4 members (excludes halogenated alkanes) is 16. The molecule has 1 aromatic rings. The Morgan fingerprint density at radius 3 is 1.45 bits per heavy atom. The number of aliphatic hydroxyl groups is 1. The van der Waals surface area contributed by atoms with E-state index in [2.05, 4.69) is 38.2 Å². The Morgan fingerprint density at radius 2 is 1.01 bits per heavy atom. The second-order valence-electron chi connectivity index (χ2n) is 19.6. The molecule has 0 aliphatic heterocycles. The van der Waals surface area contributed by atoms with E-state index in [-0.39, 0.29) is 87.2 Å². The maximum absolute atomic E-state index is 12.5. The summed E-state index contributed by atoms with van der Waals surface area (Å²) in [5.41, 5.74) is 11.7. The third kappa shape index (κ3) is 48.5. The van der Waals surface area contributed by atoms with Gasteiger partial charge in [0.2, 0.25) is 29.5 Å². The first-order chi connectivity index (χ1) is 37.3. The molecule has 0 saturated heterocycles. The van der Waals surface area contributed by atoms with Crippen LogP contribution in [0.15, 0.2) is 12.5 Å². The number of primary amides is 1. The predicted octanol–water partition coefficient (Wildman–Crippen LogP) is 5.08. The molecule has 0 saturated carbocycles. The Bertz CT molecular complexity index is 1620. The van der Waals surface area contributed by atoms with Crippen LogP contribution in [0.4, 0.5) is 0 Å². The van der Waals surface area contributed by atoms with Crippen molar-refractivity contribution in [3.8, 4) is 0 Å². The molecule has 0 unspecified atom stereocenters. The summed E-state index contributed by atoms with van der Waals surface area (Å²) in [4.78, 5) is 89.9. The van der Waals surface area contributed by atoms with Crippen LogP contribution in [0.2, 0.25) is 0 Å². The number of Topliss-reactive ketones (excluding diaryl/α,β-unsaturated/α-hetero) is 2. The van der Waals surface area contributed by atoms with Crippen LogP contribution in [0.3, 0.4) is 0 Å². The van der Waals surface area contributed by atoms with Crippen molar-refractivity contribution < 1.29 is 62.4 Å². The number of rotatable bonds is 54. The van der Waals surface area contributed by atoms with E-state index in [1.54, 1.807) is 6.20 Å². The number of aliphatic hydroxyl groups excluding tert-OH is 1. The molecule has 1 heterocycles. The van der Waals surface area contributed by atoms with Crippen molar-refractivity contribution in [2.24, 2.45) is 23.3 Å². The third-order valence-electron chi connectivity index (χ3n) is 12.7.